The number of aromatic carboxylic acids is 1. The van der Waals surface area contributed by atoms with Gasteiger partial charge in [0.05, 0.1) is 0 Å². The van der Waals surface area contributed by atoms with E-state index in [0.29, 0.717) is 10.9 Å². The highest BCUT2D eigenvalue weighted by Gasteiger charge is 2.29. The van der Waals surface area contributed by atoms with Gasteiger partial charge in [0.15, 0.2) is 0 Å². The SMILES string of the molecule is NC(=O)n1cnc([N+](=O)[O-])c1C(=O)O. The standard InChI is InChI=1S/C5H4N4O5/c6-5(12)8-1-7-3(9(13)14)2(8)4(10)11/h1H,(H2,6,12)(H,10,11). The number of imidazole rings is 1. The van der Waals surface area contributed by atoms with Gasteiger partial charge in [-0.15, -0.1) is 0 Å². The minimum atomic E-state index is -1.65. The molecule has 0 aromatic carbocycles. The molecule has 0 fully saturated rings. The molecular formula is C5H4N4O5. The number of aromatic nitrogens is 2. The molecule has 0 bridgehead atoms. The minimum absolute atomic E-state index is 0.389. The highest BCUT2D eigenvalue weighted by molar-refractivity contribution is 5.94. The molecular weight excluding hydrogens is 196 g/mol. The molecule has 1 rings (SSSR count). The molecule has 0 unspecified atom stereocenters. The van der Waals surface area contributed by atoms with E-state index in [4.69, 9.17) is 10.8 Å². The second-order valence-electron chi connectivity index (χ2n) is 2.19. The van der Waals surface area contributed by atoms with Crippen LogP contribution in [-0.4, -0.2) is 31.6 Å². The van der Waals surface area contributed by atoms with Crippen LogP contribution in [0.1, 0.15) is 10.5 Å². The van der Waals surface area contributed by atoms with Gasteiger partial charge in [0.25, 0.3) is 0 Å². The van der Waals surface area contributed by atoms with Crippen LogP contribution >= 0.6 is 0 Å². The highest BCUT2D eigenvalue weighted by atomic mass is 16.6. The predicted molar refractivity (Wildman–Crippen MR) is 40.8 cm³/mol. The van der Waals surface area contributed by atoms with Crippen molar-refractivity contribution in [1.82, 2.24) is 9.55 Å². The Hall–Kier alpha value is -2.45. The van der Waals surface area contributed by atoms with E-state index in [0.717, 1.165) is 0 Å². The second-order valence-corrected chi connectivity index (χ2v) is 2.19. The zero-order valence-corrected chi connectivity index (χ0v) is 6.58. The first kappa shape index (κ1) is 9.64. The van der Waals surface area contributed by atoms with E-state index >= 15 is 0 Å². The van der Waals surface area contributed by atoms with Crippen LogP contribution in [0.4, 0.5) is 10.6 Å². The largest absolute Gasteiger partial charge is 0.476 e. The van der Waals surface area contributed by atoms with E-state index in [1.54, 1.807) is 0 Å². The maximum atomic E-state index is 10.6. The average Bonchev–Trinajstić information content (AvgIpc) is 2.46. The molecule has 0 aliphatic rings. The molecule has 0 radical (unpaired) electrons. The lowest BCUT2D eigenvalue weighted by Crippen LogP contribution is -2.23. The van der Waals surface area contributed by atoms with Crippen molar-refractivity contribution in [2.24, 2.45) is 5.73 Å². The normalized spacial score (nSPS) is 9.71. The van der Waals surface area contributed by atoms with Gasteiger partial charge in [-0.3, -0.25) is 0 Å². The molecule has 1 amide bonds. The topological polar surface area (TPSA) is 141 Å². The van der Waals surface area contributed by atoms with Gasteiger partial charge in [-0.2, -0.15) is 0 Å². The second kappa shape index (κ2) is 3.12. The number of carbonyl (C=O) groups is 2. The summed E-state index contributed by atoms with van der Waals surface area (Å²) in [5.41, 5.74) is 3.91. The van der Waals surface area contributed by atoms with Gasteiger partial charge < -0.3 is 21.0 Å². The third-order valence-corrected chi connectivity index (χ3v) is 1.36. The van der Waals surface area contributed by atoms with Crippen molar-refractivity contribution in [3.8, 4) is 0 Å². The summed E-state index contributed by atoms with van der Waals surface area (Å²) in [5.74, 6) is -2.57. The molecule has 0 spiro atoms. The van der Waals surface area contributed by atoms with Gasteiger partial charge in [0, 0.05) is 0 Å². The number of hydrogen-bond donors (Lipinski definition) is 2. The Morgan fingerprint density at radius 2 is 2.21 bits per heavy atom. The highest BCUT2D eigenvalue weighted by Crippen LogP contribution is 2.15. The monoisotopic (exact) mass is 200 g/mol. The van der Waals surface area contributed by atoms with E-state index in [9.17, 15) is 19.7 Å². The molecule has 9 heteroatoms. The van der Waals surface area contributed by atoms with Crippen LogP contribution in [0.5, 0.6) is 0 Å². The molecule has 0 saturated carbocycles. The molecule has 1 aromatic rings. The number of nitro groups is 1. The maximum Gasteiger partial charge on any atom is 0.397 e. The van der Waals surface area contributed by atoms with Crippen molar-refractivity contribution >= 4 is 17.8 Å². The van der Waals surface area contributed by atoms with Crippen LogP contribution in [0.25, 0.3) is 0 Å². The van der Waals surface area contributed by atoms with Crippen LogP contribution in [0.2, 0.25) is 0 Å². The van der Waals surface area contributed by atoms with Crippen LogP contribution in [0, 0.1) is 10.1 Å². The molecule has 9 nitrogen and oxygen atoms in total. The first-order valence-corrected chi connectivity index (χ1v) is 3.20. The van der Waals surface area contributed by atoms with Gasteiger partial charge in [-0.25, -0.2) is 14.2 Å². The summed E-state index contributed by atoms with van der Waals surface area (Å²) in [6.45, 7) is 0. The van der Waals surface area contributed by atoms with Crippen molar-refractivity contribution in [3.05, 3.63) is 22.1 Å². The fourth-order valence-electron chi connectivity index (χ4n) is 0.838. The third kappa shape index (κ3) is 1.37. The molecule has 74 valence electrons. The van der Waals surface area contributed by atoms with E-state index in [1.165, 1.54) is 0 Å². The van der Waals surface area contributed by atoms with Gasteiger partial charge in [-0.1, -0.05) is 0 Å². The fraction of sp³-hybridized carbons (Fsp3) is 0. The molecule has 14 heavy (non-hydrogen) atoms. The number of nitrogens with zero attached hydrogens (tertiary/aromatic N) is 3. The summed E-state index contributed by atoms with van der Waals surface area (Å²) in [7, 11) is 0. The van der Waals surface area contributed by atoms with Crippen molar-refractivity contribution in [3.63, 3.8) is 0 Å². The van der Waals surface area contributed by atoms with Gasteiger partial charge in [0.2, 0.25) is 12.0 Å². The number of carbonyl (C=O) groups excluding carboxylic acids is 1. The lowest BCUT2D eigenvalue weighted by Gasteiger charge is -1.96. The Morgan fingerprint density at radius 1 is 1.64 bits per heavy atom. The minimum Gasteiger partial charge on any atom is -0.476 e. The quantitative estimate of drug-likeness (QED) is 0.482. The number of nitrogens with two attached hydrogens (primary N) is 1. The number of primary amides is 1. The summed E-state index contributed by atoms with van der Waals surface area (Å²) in [5, 5.41) is 18.8. The van der Waals surface area contributed by atoms with Gasteiger partial charge >= 0.3 is 17.8 Å². The number of amides is 1. The summed E-state index contributed by atoms with van der Waals surface area (Å²) in [6, 6.07) is -1.15. The third-order valence-electron chi connectivity index (χ3n) is 1.36. The molecule has 0 atom stereocenters. The predicted octanol–water partition coefficient (Wildman–Crippen LogP) is -0.584. The smallest absolute Gasteiger partial charge is 0.397 e. The average molecular weight is 200 g/mol. The molecule has 0 aliphatic heterocycles. The molecule has 0 aliphatic carbocycles. The van der Waals surface area contributed by atoms with Gasteiger partial charge in [0.1, 0.15) is 0 Å². The van der Waals surface area contributed by atoms with E-state index in [2.05, 4.69) is 4.98 Å². The summed E-state index contributed by atoms with van der Waals surface area (Å²) in [6.07, 6.45) is 0.684. The Kier molecular flexibility index (Phi) is 2.15. The van der Waals surface area contributed by atoms with E-state index in [1.807, 2.05) is 0 Å². The molecule has 0 saturated heterocycles. The number of carboxylic acids is 1. The maximum absolute atomic E-state index is 10.6. The zero-order chi connectivity index (χ0) is 10.9. The Balaban J connectivity index is 3.42. The number of hydrogen-bond acceptors (Lipinski definition) is 5. The van der Waals surface area contributed by atoms with Crippen molar-refractivity contribution in [2.45, 2.75) is 0 Å². The Labute approximate surface area is 75.9 Å². The summed E-state index contributed by atoms with van der Waals surface area (Å²) < 4.78 is 0.389. The first-order valence-electron chi connectivity index (χ1n) is 3.20. The van der Waals surface area contributed by atoms with E-state index in [-0.39, 0.29) is 0 Å². The van der Waals surface area contributed by atoms with E-state index < -0.39 is 28.4 Å². The number of carboxylic acid groups (broad SMARTS) is 1. The van der Waals surface area contributed by atoms with Crippen LogP contribution < -0.4 is 5.73 Å². The van der Waals surface area contributed by atoms with Crippen molar-refractivity contribution in [1.29, 1.82) is 0 Å². The van der Waals surface area contributed by atoms with Crippen molar-refractivity contribution < 1.29 is 19.6 Å². The molecule has 3 N–H and O–H groups in total. The Morgan fingerprint density at radius 3 is 2.57 bits per heavy atom. The zero-order valence-electron chi connectivity index (χ0n) is 6.58. The summed E-state index contributed by atoms with van der Waals surface area (Å²) >= 11 is 0. The fourth-order valence-corrected chi connectivity index (χ4v) is 0.838. The van der Waals surface area contributed by atoms with Crippen LogP contribution in [0.15, 0.2) is 6.33 Å². The lowest BCUT2D eigenvalue weighted by molar-refractivity contribution is -0.389. The van der Waals surface area contributed by atoms with Gasteiger partial charge in [-0.05, 0) is 9.91 Å². The summed E-state index contributed by atoms with van der Waals surface area (Å²) in [4.78, 5) is 33.6. The lowest BCUT2D eigenvalue weighted by atomic mass is 10.4. The van der Waals surface area contributed by atoms with Crippen LogP contribution in [0.3, 0.4) is 0 Å². The first-order chi connectivity index (χ1) is 6.45. The van der Waals surface area contributed by atoms with Crippen LogP contribution in [-0.2, 0) is 0 Å². The Bertz CT molecular complexity index is 390. The van der Waals surface area contributed by atoms with Crippen molar-refractivity contribution in [2.75, 3.05) is 0 Å². The molecule has 1 aromatic heterocycles. The number of rotatable bonds is 2. The molecule has 1 heterocycles.